The lowest BCUT2D eigenvalue weighted by molar-refractivity contribution is -0.143. The summed E-state index contributed by atoms with van der Waals surface area (Å²) < 4.78 is 27.3. The second-order valence-corrected chi connectivity index (χ2v) is 9.83. The average molecular weight is 430 g/mol. The van der Waals surface area contributed by atoms with Crippen LogP contribution in [0.3, 0.4) is 0 Å². The maximum atomic E-state index is 12.8. The molecule has 1 fully saturated rings. The number of thiophene rings is 1. The zero-order valence-corrected chi connectivity index (χ0v) is 17.6. The molecule has 6 nitrogen and oxygen atoms in total. The Kier molecular flexibility index (Phi) is 8.17. The topological polar surface area (TPSA) is 83.7 Å². The summed E-state index contributed by atoms with van der Waals surface area (Å²) in [7, 11) is -3.54. The molecule has 1 aromatic heterocycles. The average Bonchev–Trinajstić information content (AvgIpc) is 3.04. The summed E-state index contributed by atoms with van der Waals surface area (Å²) in [6.07, 6.45) is 1.37. The third kappa shape index (κ3) is 4.48. The van der Waals surface area contributed by atoms with E-state index in [1.54, 1.807) is 11.0 Å². The Morgan fingerprint density at radius 2 is 1.80 bits per heavy atom. The van der Waals surface area contributed by atoms with Gasteiger partial charge in [0, 0.05) is 32.7 Å². The van der Waals surface area contributed by atoms with Crippen LogP contribution in [0.25, 0.3) is 0 Å². The number of amides is 1. The van der Waals surface area contributed by atoms with E-state index in [0.29, 0.717) is 36.8 Å². The quantitative estimate of drug-likeness (QED) is 0.752. The third-order valence-electron chi connectivity index (χ3n) is 4.87. The van der Waals surface area contributed by atoms with Gasteiger partial charge in [0.15, 0.2) is 0 Å². The van der Waals surface area contributed by atoms with Crippen molar-refractivity contribution < 1.29 is 13.2 Å². The molecule has 0 aliphatic carbocycles. The number of hydrogen-bond acceptors (Lipinski definition) is 5. The summed E-state index contributed by atoms with van der Waals surface area (Å²) in [5, 5.41) is 0. The number of hydrogen-bond donors (Lipinski definition) is 1. The summed E-state index contributed by atoms with van der Waals surface area (Å²) >= 11 is 6.89. The summed E-state index contributed by atoms with van der Waals surface area (Å²) in [6.45, 7) is 5.60. The number of halogens is 2. The summed E-state index contributed by atoms with van der Waals surface area (Å²) in [5.74, 6) is 0.0335. The van der Waals surface area contributed by atoms with Gasteiger partial charge in [0.1, 0.15) is 4.21 Å². The minimum Gasteiger partial charge on any atom is -0.340 e. The van der Waals surface area contributed by atoms with Gasteiger partial charge in [-0.2, -0.15) is 4.31 Å². The minimum atomic E-state index is -3.54. The van der Waals surface area contributed by atoms with Crippen LogP contribution in [-0.2, 0) is 14.8 Å². The molecule has 144 valence electrons. The molecule has 0 bridgehead atoms. The molecule has 1 aliphatic rings. The molecule has 2 rings (SSSR count). The summed E-state index contributed by atoms with van der Waals surface area (Å²) in [4.78, 5) is 14.5. The zero-order chi connectivity index (χ0) is 18.0. The predicted molar refractivity (Wildman–Crippen MR) is 104 cm³/mol. The van der Waals surface area contributed by atoms with Gasteiger partial charge < -0.3 is 10.6 Å². The van der Waals surface area contributed by atoms with Crippen LogP contribution in [0.4, 0.5) is 0 Å². The highest BCUT2D eigenvalue weighted by Crippen LogP contribution is 2.31. The maximum Gasteiger partial charge on any atom is 0.252 e. The fraction of sp³-hybridized carbons (Fsp3) is 0.667. The first-order chi connectivity index (χ1) is 11.3. The molecule has 1 aliphatic heterocycles. The first-order valence-electron chi connectivity index (χ1n) is 8.05. The Morgan fingerprint density at radius 1 is 1.24 bits per heavy atom. The molecular weight excluding hydrogens is 405 g/mol. The lowest BCUT2D eigenvalue weighted by Gasteiger charge is -2.39. The molecule has 0 aromatic carbocycles. The van der Waals surface area contributed by atoms with Crippen molar-refractivity contribution in [1.82, 2.24) is 9.21 Å². The highest BCUT2D eigenvalue weighted by atomic mass is 35.5. The van der Waals surface area contributed by atoms with Gasteiger partial charge >= 0.3 is 0 Å². The Labute approximate surface area is 164 Å². The largest absolute Gasteiger partial charge is 0.340 e. The van der Waals surface area contributed by atoms with E-state index in [9.17, 15) is 13.2 Å². The highest BCUT2D eigenvalue weighted by Gasteiger charge is 2.39. The van der Waals surface area contributed by atoms with Crippen LogP contribution in [0, 0.1) is 5.41 Å². The van der Waals surface area contributed by atoms with E-state index in [4.69, 9.17) is 17.3 Å². The molecule has 1 amide bonds. The molecule has 2 N–H and O–H groups in total. The van der Waals surface area contributed by atoms with Gasteiger partial charge in [-0.15, -0.1) is 23.7 Å². The lowest BCUT2D eigenvalue weighted by atomic mass is 9.81. The molecule has 0 radical (unpaired) electrons. The molecule has 2 heterocycles. The standard InChI is InChI=1S/C15H24ClN3O3S2.ClH/c1-3-15(4-2,11-17)14(20)18-7-9-19(10-8-18)24(21,22)13-6-5-12(16)23-13;/h5-6H,3-4,7-11,17H2,1-2H3;1H. The maximum absolute atomic E-state index is 12.8. The number of carbonyl (C=O) groups is 1. The van der Waals surface area contributed by atoms with E-state index in [1.807, 2.05) is 13.8 Å². The van der Waals surface area contributed by atoms with Gasteiger partial charge in [-0.3, -0.25) is 4.79 Å². The Hall–Kier alpha value is -0.380. The summed E-state index contributed by atoms with van der Waals surface area (Å²) in [5.41, 5.74) is 5.31. The van der Waals surface area contributed by atoms with Crippen molar-refractivity contribution in [3.05, 3.63) is 16.5 Å². The van der Waals surface area contributed by atoms with Crippen LogP contribution >= 0.6 is 35.3 Å². The van der Waals surface area contributed by atoms with Gasteiger partial charge in [-0.1, -0.05) is 25.4 Å². The number of sulfonamides is 1. The van der Waals surface area contributed by atoms with Crippen molar-refractivity contribution in [1.29, 1.82) is 0 Å². The summed E-state index contributed by atoms with van der Waals surface area (Å²) in [6, 6.07) is 3.10. The molecule has 1 aromatic rings. The van der Waals surface area contributed by atoms with Gasteiger partial charge in [0.25, 0.3) is 10.0 Å². The first-order valence-corrected chi connectivity index (χ1v) is 10.7. The number of nitrogens with zero attached hydrogens (tertiary/aromatic N) is 2. The second kappa shape index (κ2) is 9.01. The van der Waals surface area contributed by atoms with Crippen molar-refractivity contribution in [3.63, 3.8) is 0 Å². The first kappa shape index (κ1) is 22.7. The number of rotatable bonds is 6. The number of nitrogens with two attached hydrogens (primary N) is 1. The number of piperazine rings is 1. The molecule has 0 spiro atoms. The fourth-order valence-electron chi connectivity index (χ4n) is 2.96. The Morgan fingerprint density at radius 3 is 2.20 bits per heavy atom. The van der Waals surface area contributed by atoms with Crippen molar-refractivity contribution in [3.8, 4) is 0 Å². The van der Waals surface area contributed by atoms with Crippen molar-refractivity contribution >= 4 is 51.3 Å². The Bertz CT molecular complexity index is 674. The monoisotopic (exact) mass is 429 g/mol. The van der Waals surface area contributed by atoms with E-state index in [0.717, 1.165) is 11.3 Å². The molecule has 0 atom stereocenters. The van der Waals surface area contributed by atoms with Crippen molar-refractivity contribution in [2.24, 2.45) is 11.1 Å². The van der Waals surface area contributed by atoms with Gasteiger partial charge in [0.2, 0.25) is 5.91 Å². The fourth-order valence-corrected chi connectivity index (χ4v) is 6.02. The molecule has 0 saturated carbocycles. The van der Waals surface area contributed by atoms with E-state index in [-0.39, 0.29) is 35.6 Å². The molecule has 0 unspecified atom stereocenters. The third-order valence-corrected chi connectivity index (χ3v) is 8.46. The van der Waals surface area contributed by atoms with E-state index < -0.39 is 15.4 Å². The highest BCUT2D eigenvalue weighted by molar-refractivity contribution is 7.91. The zero-order valence-electron chi connectivity index (χ0n) is 14.4. The predicted octanol–water partition coefficient (Wildman–Crippen LogP) is 2.42. The van der Waals surface area contributed by atoms with E-state index >= 15 is 0 Å². The number of carbonyl (C=O) groups excluding carboxylic acids is 1. The van der Waals surface area contributed by atoms with Gasteiger partial charge in [-0.25, -0.2) is 8.42 Å². The van der Waals surface area contributed by atoms with E-state index in [2.05, 4.69) is 0 Å². The van der Waals surface area contributed by atoms with E-state index in [1.165, 1.54) is 10.4 Å². The smallest absolute Gasteiger partial charge is 0.252 e. The Balaban J connectivity index is 0.00000312. The van der Waals surface area contributed by atoms with Crippen LogP contribution < -0.4 is 5.73 Å². The van der Waals surface area contributed by atoms with Gasteiger partial charge in [-0.05, 0) is 25.0 Å². The molecular formula is C15H25Cl2N3O3S2. The van der Waals surface area contributed by atoms with Crippen molar-refractivity contribution in [2.45, 2.75) is 30.9 Å². The van der Waals surface area contributed by atoms with Crippen LogP contribution in [0.15, 0.2) is 16.3 Å². The lowest BCUT2D eigenvalue weighted by Crippen LogP contribution is -2.55. The molecule has 25 heavy (non-hydrogen) atoms. The molecule has 10 heteroatoms. The SMILES string of the molecule is CCC(CC)(CN)C(=O)N1CCN(S(=O)(=O)c2ccc(Cl)s2)CC1.Cl. The normalized spacial score (nSPS) is 16.6. The van der Waals surface area contributed by atoms with Crippen LogP contribution in [0.1, 0.15) is 26.7 Å². The van der Waals surface area contributed by atoms with Gasteiger partial charge in [0.05, 0.1) is 9.75 Å². The minimum absolute atomic E-state index is 0. The van der Waals surface area contributed by atoms with Crippen LogP contribution in [0.2, 0.25) is 4.34 Å². The van der Waals surface area contributed by atoms with Crippen LogP contribution in [-0.4, -0.2) is 56.3 Å². The molecule has 1 saturated heterocycles. The second-order valence-electron chi connectivity index (χ2n) is 5.95. The van der Waals surface area contributed by atoms with Crippen molar-refractivity contribution in [2.75, 3.05) is 32.7 Å². The van der Waals surface area contributed by atoms with Crippen LogP contribution in [0.5, 0.6) is 0 Å².